The van der Waals surface area contributed by atoms with E-state index in [9.17, 15) is 14.0 Å². The Bertz CT molecular complexity index is 537. The van der Waals surface area contributed by atoms with Crippen LogP contribution in [-0.2, 0) is 0 Å². The van der Waals surface area contributed by atoms with Crippen LogP contribution in [0.15, 0.2) is 18.2 Å². The number of urea groups is 1. The molecule has 0 heterocycles. The van der Waals surface area contributed by atoms with Gasteiger partial charge in [0, 0.05) is 12.5 Å². The summed E-state index contributed by atoms with van der Waals surface area (Å²) in [6.45, 7) is 1.70. The van der Waals surface area contributed by atoms with Crippen LogP contribution in [0.1, 0.15) is 23.7 Å². The second-order valence-corrected chi connectivity index (χ2v) is 3.91. The maximum atomic E-state index is 13.4. The summed E-state index contributed by atoms with van der Waals surface area (Å²) in [5.74, 6) is 0.456. The maximum Gasteiger partial charge on any atom is 0.335 e. The summed E-state index contributed by atoms with van der Waals surface area (Å²) in [7, 11) is 0. The summed E-state index contributed by atoms with van der Waals surface area (Å²) in [5, 5.41) is 13.5. The topological polar surface area (TPSA) is 78.4 Å². The van der Waals surface area contributed by atoms with E-state index in [1.807, 2.05) is 0 Å². The molecule has 100 valence electrons. The molecule has 1 unspecified atom stereocenters. The summed E-state index contributed by atoms with van der Waals surface area (Å²) in [5.41, 5.74) is -0.321. The number of aromatic carboxylic acids is 1. The number of carboxylic acids is 1. The third-order valence-electron chi connectivity index (χ3n) is 2.26. The number of nitrogens with one attached hydrogen (secondary N) is 2. The summed E-state index contributed by atoms with van der Waals surface area (Å²) in [6, 6.07) is 2.22. The van der Waals surface area contributed by atoms with E-state index < -0.39 is 17.8 Å². The average Bonchev–Trinajstić information content (AvgIpc) is 2.31. The maximum absolute atomic E-state index is 13.4. The van der Waals surface area contributed by atoms with Crippen molar-refractivity contribution >= 4 is 17.7 Å². The lowest BCUT2D eigenvalue weighted by Crippen LogP contribution is -2.36. The summed E-state index contributed by atoms with van der Waals surface area (Å²) in [4.78, 5) is 22.3. The Labute approximate surface area is 109 Å². The first-order chi connectivity index (χ1) is 8.93. The number of hydrogen-bond acceptors (Lipinski definition) is 2. The largest absolute Gasteiger partial charge is 0.478 e. The second-order valence-electron chi connectivity index (χ2n) is 3.91. The molecule has 0 saturated heterocycles. The number of amides is 2. The first kappa shape index (κ1) is 14.5. The van der Waals surface area contributed by atoms with E-state index in [1.54, 1.807) is 6.92 Å². The van der Waals surface area contributed by atoms with Crippen LogP contribution >= 0.6 is 0 Å². The van der Waals surface area contributed by atoms with Crippen molar-refractivity contribution < 1.29 is 19.1 Å². The van der Waals surface area contributed by atoms with Crippen molar-refractivity contribution in [2.45, 2.75) is 19.4 Å². The average molecular weight is 264 g/mol. The first-order valence-electron chi connectivity index (χ1n) is 5.48. The number of carboxylic acid groups (broad SMARTS) is 1. The number of carbonyl (C=O) groups excluding carboxylic acids is 1. The minimum Gasteiger partial charge on any atom is -0.478 e. The van der Waals surface area contributed by atoms with Gasteiger partial charge in [-0.2, -0.15) is 0 Å². The Kier molecular flexibility index (Phi) is 4.89. The molecule has 0 bridgehead atoms. The molecule has 0 saturated carbocycles. The van der Waals surface area contributed by atoms with Crippen molar-refractivity contribution in [2.75, 3.05) is 5.32 Å². The summed E-state index contributed by atoms with van der Waals surface area (Å²) >= 11 is 0. The van der Waals surface area contributed by atoms with Crippen LogP contribution < -0.4 is 10.6 Å². The number of terminal acetylenes is 1. The predicted octanol–water partition coefficient (Wildman–Crippen LogP) is 2.06. The van der Waals surface area contributed by atoms with Crippen LogP contribution in [0.5, 0.6) is 0 Å². The van der Waals surface area contributed by atoms with Crippen LogP contribution in [0.2, 0.25) is 0 Å². The Hall–Kier alpha value is -2.55. The molecule has 19 heavy (non-hydrogen) atoms. The normalized spacial score (nSPS) is 11.2. The zero-order chi connectivity index (χ0) is 14.4. The number of halogens is 1. The Balaban J connectivity index is 2.76. The third kappa shape index (κ3) is 4.32. The van der Waals surface area contributed by atoms with Gasteiger partial charge in [0.15, 0.2) is 0 Å². The highest BCUT2D eigenvalue weighted by molar-refractivity contribution is 5.93. The molecule has 2 amide bonds. The zero-order valence-corrected chi connectivity index (χ0v) is 10.2. The molecule has 0 aliphatic rings. The number of anilines is 1. The number of hydrogen-bond donors (Lipinski definition) is 3. The molecule has 0 aromatic heterocycles. The van der Waals surface area contributed by atoms with Crippen LogP contribution in [0.25, 0.3) is 0 Å². The van der Waals surface area contributed by atoms with Crippen molar-refractivity contribution in [1.29, 1.82) is 0 Å². The lowest BCUT2D eigenvalue weighted by atomic mass is 10.2. The number of benzene rings is 1. The fraction of sp³-hybridized carbons (Fsp3) is 0.231. The van der Waals surface area contributed by atoms with Gasteiger partial charge in [0.05, 0.1) is 11.3 Å². The lowest BCUT2D eigenvalue weighted by Gasteiger charge is -2.12. The highest BCUT2D eigenvalue weighted by Gasteiger charge is 2.12. The molecule has 3 N–H and O–H groups in total. The standard InChI is InChI=1S/C13H13FN2O3/c1-3-4-8(2)15-13(19)16-11-7-9(12(17)18)5-6-10(11)14/h1,5-8H,4H2,2H3,(H,17,18)(H2,15,16,19). The smallest absolute Gasteiger partial charge is 0.335 e. The van der Waals surface area contributed by atoms with Crippen LogP contribution in [0.3, 0.4) is 0 Å². The highest BCUT2D eigenvalue weighted by Crippen LogP contribution is 2.16. The van der Waals surface area contributed by atoms with Gasteiger partial charge in [0.2, 0.25) is 0 Å². The molecule has 0 spiro atoms. The van der Waals surface area contributed by atoms with Gasteiger partial charge in [-0.05, 0) is 25.1 Å². The lowest BCUT2D eigenvalue weighted by molar-refractivity contribution is 0.0697. The van der Waals surface area contributed by atoms with Crippen molar-refractivity contribution in [2.24, 2.45) is 0 Å². The SMILES string of the molecule is C#CCC(C)NC(=O)Nc1cc(C(=O)O)ccc1F. The van der Waals surface area contributed by atoms with Crippen molar-refractivity contribution in [3.8, 4) is 12.3 Å². The third-order valence-corrected chi connectivity index (χ3v) is 2.26. The Morgan fingerprint density at radius 2 is 2.21 bits per heavy atom. The van der Waals surface area contributed by atoms with Gasteiger partial charge in [0.25, 0.3) is 0 Å². The summed E-state index contributed by atoms with van der Waals surface area (Å²) < 4.78 is 13.4. The second kappa shape index (κ2) is 6.40. The molecule has 0 radical (unpaired) electrons. The highest BCUT2D eigenvalue weighted by atomic mass is 19.1. The van der Waals surface area contributed by atoms with E-state index in [4.69, 9.17) is 11.5 Å². The van der Waals surface area contributed by atoms with Gasteiger partial charge in [-0.1, -0.05) is 0 Å². The van der Waals surface area contributed by atoms with Crippen molar-refractivity contribution in [3.63, 3.8) is 0 Å². The molecule has 6 heteroatoms. The minimum absolute atomic E-state index is 0.117. The van der Waals surface area contributed by atoms with E-state index in [1.165, 1.54) is 0 Å². The molecule has 1 aromatic carbocycles. The molecule has 0 aliphatic carbocycles. The van der Waals surface area contributed by atoms with Crippen molar-refractivity contribution in [1.82, 2.24) is 5.32 Å². The van der Waals surface area contributed by atoms with Gasteiger partial charge in [0.1, 0.15) is 5.82 Å². The van der Waals surface area contributed by atoms with Crippen molar-refractivity contribution in [3.05, 3.63) is 29.6 Å². The van der Waals surface area contributed by atoms with Crippen LogP contribution in [0.4, 0.5) is 14.9 Å². The van der Waals surface area contributed by atoms with Gasteiger partial charge in [-0.25, -0.2) is 14.0 Å². The molecule has 1 aromatic rings. The number of carbonyl (C=O) groups is 2. The molecule has 1 atom stereocenters. The Morgan fingerprint density at radius 1 is 1.53 bits per heavy atom. The van der Waals surface area contributed by atoms with Crippen LogP contribution in [-0.4, -0.2) is 23.1 Å². The van der Waals surface area contributed by atoms with Crippen LogP contribution in [0, 0.1) is 18.2 Å². The monoisotopic (exact) mass is 264 g/mol. The Morgan fingerprint density at radius 3 is 2.79 bits per heavy atom. The first-order valence-corrected chi connectivity index (χ1v) is 5.48. The fourth-order valence-electron chi connectivity index (χ4n) is 1.36. The number of rotatable bonds is 4. The predicted molar refractivity (Wildman–Crippen MR) is 68.4 cm³/mol. The molecule has 1 rings (SSSR count). The van der Waals surface area contributed by atoms with E-state index >= 15 is 0 Å². The minimum atomic E-state index is -1.20. The molecule has 0 fully saturated rings. The fourth-order valence-corrected chi connectivity index (χ4v) is 1.36. The molecular formula is C13H13FN2O3. The van der Waals surface area contributed by atoms with Gasteiger partial charge in [-0.15, -0.1) is 12.3 Å². The van der Waals surface area contributed by atoms with Gasteiger partial charge >= 0.3 is 12.0 Å². The zero-order valence-electron chi connectivity index (χ0n) is 10.2. The van der Waals surface area contributed by atoms with E-state index in [0.717, 1.165) is 18.2 Å². The van der Waals surface area contributed by atoms with E-state index in [-0.39, 0.29) is 17.3 Å². The molecule has 5 nitrogen and oxygen atoms in total. The van der Waals surface area contributed by atoms with E-state index in [2.05, 4.69) is 16.6 Å². The molecular weight excluding hydrogens is 251 g/mol. The molecule has 0 aliphatic heterocycles. The van der Waals surface area contributed by atoms with E-state index in [0.29, 0.717) is 6.42 Å². The summed E-state index contributed by atoms with van der Waals surface area (Å²) in [6.07, 6.45) is 5.43. The quantitative estimate of drug-likeness (QED) is 0.728. The van der Waals surface area contributed by atoms with Gasteiger partial charge in [-0.3, -0.25) is 0 Å². The van der Waals surface area contributed by atoms with Gasteiger partial charge < -0.3 is 15.7 Å².